The van der Waals surface area contributed by atoms with E-state index in [1.165, 1.54) is 49.3 Å². The minimum atomic E-state index is 0.672. The molecule has 53 heavy (non-hydrogen) atoms. The van der Waals surface area contributed by atoms with E-state index < -0.39 is 0 Å². The number of para-hydroxylation sites is 2. The van der Waals surface area contributed by atoms with Crippen LogP contribution in [0.5, 0.6) is 0 Å². The number of allylic oxidation sites excluding steroid dienone is 4. The zero-order chi connectivity index (χ0) is 35.1. The van der Waals surface area contributed by atoms with Crippen molar-refractivity contribution in [1.29, 1.82) is 0 Å². The second-order valence-corrected chi connectivity index (χ2v) is 13.6. The molecule has 0 bridgehead atoms. The Balaban J connectivity index is 0.997. The average Bonchev–Trinajstić information content (AvgIpc) is 3.58. The molecule has 1 aliphatic rings. The molecule has 4 nitrogen and oxygen atoms in total. The Morgan fingerprint density at radius 3 is 1.75 bits per heavy atom. The van der Waals surface area contributed by atoms with Crippen molar-refractivity contribution in [1.82, 2.24) is 19.5 Å². The third-order valence-corrected chi connectivity index (χ3v) is 10.3. The molecule has 0 saturated heterocycles. The summed E-state index contributed by atoms with van der Waals surface area (Å²) in [5.41, 5.74) is 11.3. The summed E-state index contributed by atoms with van der Waals surface area (Å²) in [6, 6.07) is 58.3. The fourth-order valence-electron chi connectivity index (χ4n) is 7.67. The zero-order valence-electron chi connectivity index (χ0n) is 29.0. The summed E-state index contributed by atoms with van der Waals surface area (Å²) in [7, 11) is 0. The maximum atomic E-state index is 4.95. The lowest BCUT2D eigenvalue weighted by Crippen LogP contribution is -2.03. The molecule has 0 unspecified atom stereocenters. The highest BCUT2D eigenvalue weighted by Crippen LogP contribution is 2.36. The highest BCUT2D eigenvalue weighted by molar-refractivity contribution is 6.09. The molecule has 0 aliphatic heterocycles. The van der Waals surface area contributed by atoms with Gasteiger partial charge < -0.3 is 4.57 Å². The first-order valence-electron chi connectivity index (χ1n) is 18.2. The van der Waals surface area contributed by atoms with E-state index >= 15 is 0 Å². The predicted octanol–water partition coefficient (Wildman–Crippen LogP) is 12.5. The summed E-state index contributed by atoms with van der Waals surface area (Å²) in [6.07, 6.45) is 8.55. The van der Waals surface area contributed by atoms with E-state index in [0.717, 1.165) is 40.8 Å². The molecule has 2 heterocycles. The van der Waals surface area contributed by atoms with Crippen LogP contribution in [0.25, 0.3) is 88.9 Å². The van der Waals surface area contributed by atoms with E-state index in [1.54, 1.807) is 0 Å². The molecule has 2 aromatic heterocycles. The smallest absolute Gasteiger partial charge is 0.164 e. The number of hydrogen-bond acceptors (Lipinski definition) is 3. The molecule has 7 aromatic carbocycles. The number of nitrogens with zero attached hydrogens (tertiary/aromatic N) is 4. The molecule has 4 heteroatoms. The van der Waals surface area contributed by atoms with Crippen molar-refractivity contribution < 1.29 is 0 Å². The minimum absolute atomic E-state index is 0.672. The topological polar surface area (TPSA) is 43.6 Å². The average molecular weight is 679 g/mol. The van der Waals surface area contributed by atoms with Crippen LogP contribution in [0.15, 0.2) is 182 Å². The SMILES string of the molecule is C1=CC(c2nc(-c3ccccc3)nc(-c3ccc(-c4cccc5cc(-c6cccc(-n7c8ccccc8c8ccccc87)c6)ccc45)cc3)n2)=CCC1. The van der Waals surface area contributed by atoms with E-state index in [9.17, 15) is 0 Å². The van der Waals surface area contributed by atoms with Gasteiger partial charge in [0.2, 0.25) is 0 Å². The first-order chi connectivity index (χ1) is 26.3. The van der Waals surface area contributed by atoms with Crippen LogP contribution < -0.4 is 0 Å². The molecule has 0 radical (unpaired) electrons. The summed E-state index contributed by atoms with van der Waals surface area (Å²) in [5, 5.41) is 4.95. The van der Waals surface area contributed by atoms with E-state index in [1.807, 2.05) is 30.3 Å². The molecule has 0 N–H and O–H groups in total. The molecule has 0 amide bonds. The predicted molar refractivity (Wildman–Crippen MR) is 220 cm³/mol. The van der Waals surface area contributed by atoms with Gasteiger partial charge in [-0.05, 0) is 76.2 Å². The van der Waals surface area contributed by atoms with Gasteiger partial charge in [-0.1, -0.05) is 152 Å². The van der Waals surface area contributed by atoms with Crippen LogP contribution in [0.2, 0.25) is 0 Å². The Labute approximate surface area is 308 Å². The van der Waals surface area contributed by atoms with Gasteiger partial charge in [-0.15, -0.1) is 0 Å². The van der Waals surface area contributed by atoms with Gasteiger partial charge in [0.1, 0.15) is 0 Å². The lowest BCUT2D eigenvalue weighted by atomic mass is 9.94. The van der Waals surface area contributed by atoms with Crippen molar-refractivity contribution in [2.45, 2.75) is 12.8 Å². The summed E-state index contributed by atoms with van der Waals surface area (Å²) >= 11 is 0. The van der Waals surface area contributed by atoms with Gasteiger partial charge in [-0.25, -0.2) is 15.0 Å². The number of fused-ring (bicyclic) bond motifs is 4. The van der Waals surface area contributed by atoms with E-state index in [4.69, 9.17) is 15.0 Å². The van der Waals surface area contributed by atoms with Crippen molar-refractivity contribution in [3.63, 3.8) is 0 Å². The van der Waals surface area contributed by atoms with Crippen molar-refractivity contribution in [2.24, 2.45) is 0 Å². The molecule has 250 valence electrons. The number of rotatable bonds is 6. The van der Waals surface area contributed by atoms with E-state index in [2.05, 4.69) is 156 Å². The molecule has 0 fully saturated rings. The highest BCUT2D eigenvalue weighted by atomic mass is 15.0. The van der Waals surface area contributed by atoms with Crippen LogP contribution in [0.3, 0.4) is 0 Å². The normalized spacial score (nSPS) is 12.8. The third-order valence-electron chi connectivity index (χ3n) is 10.3. The summed E-state index contributed by atoms with van der Waals surface area (Å²) < 4.78 is 2.38. The number of aromatic nitrogens is 4. The summed E-state index contributed by atoms with van der Waals surface area (Å²) in [5.74, 6) is 2.06. The van der Waals surface area contributed by atoms with Crippen molar-refractivity contribution in [3.05, 3.63) is 188 Å². The standard InChI is InChI=1S/C49H34N4/c1-3-13-34(14-4-1)47-50-48(35-15-5-2-6-16-35)52-49(51-47)36-27-25-33(26-28-36)41-22-12-18-39-31-38(29-30-42(39)41)37-17-11-19-40(32-37)53-45-23-9-7-20-43(45)44-21-8-10-24-46(44)53/h1,3-5,7-32H,2,6H2. The largest absolute Gasteiger partial charge is 0.309 e. The second-order valence-electron chi connectivity index (χ2n) is 13.6. The van der Waals surface area contributed by atoms with Crippen LogP contribution in [0.1, 0.15) is 18.7 Å². The Bertz CT molecular complexity index is 2830. The molecular weight excluding hydrogens is 645 g/mol. The van der Waals surface area contributed by atoms with Crippen LogP contribution >= 0.6 is 0 Å². The highest BCUT2D eigenvalue weighted by Gasteiger charge is 2.15. The van der Waals surface area contributed by atoms with E-state index in [0.29, 0.717) is 17.5 Å². The van der Waals surface area contributed by atoms with Crippen LogP contribution in [-0.4, -0.2) is 19.5 Å². The van der Waals surface area contributed by atoms with E-state index in [-0.39, 0.29) is 0 Å². The molecule has 0 spiro atoms. The number of benzene rings is 7. The fraction of sp³-hybridized carbons (Fsp3) is 0.0408. The Hall–Kier alpha value is -6.91. The van der Waals surface area contributed by atoms with Crippen LogP contribution in [0.4, 0.5) is 0 Å². The van der Waals surface area contributed by atoms with Gasteiger partial charge in [-0.2, -0.15) is 0 Å². The van der Waals surface area contributed by atoms with Gasteiger partial charge >= 0.3 is 0 Å². The van der Waals surface area contributed by atoms with Gasteiger partial charge in [0, 0.05) is 33.2 Å². The van der Waals surface area contributed by atoms with Crippen molar-refractivity contribution in [2.75, 3.05) is 0 Å². The Morgan fingerprint density at radius 2 is 1.02 bits per heavy atom. The monoisotopic (exact) mass is 678 g/mol. The third kappa shape index (κ3) is 5.62. The Morgan fingerprint density at radius 1 is 0.415 bits per heavy atom. The molecule has 0 saturated carbocycles. The summed E-state index contributed by atoms with van der Waals surface area (Å²) in [6.45, 7) is 0. The van der Waals surface area contributed by atoms with Gasteiger partial charge in [-0.3, -0.25) is 0 Å². The maximum absolute atomic E-state index is 4.95. The lowest BCUT2D eigenvalue weighted by molar-refractivity contribution is 1.01. The molecular formula is C49H34N4. The quantitative estimate of drug-likeness (QED) is 0.176. The maximum Gasteiger partial charge on any atom is 0.164 e. The molecule has 9 aromatic rings. The van der Waals surface area contributed by atoms with Gasteiger partial charge in [0.15, 0.2) is 17.5 Å². The first kappa shape index (κ1) is 30.9. The molecule has 10 rings (SSSR count). The van der Waals surface area contributed by atoms with Crippen LogP contribution in [0, 0.1) is 0 Å². The fourth-order valence-corrected chi connectivity index (χ4v) is 7.67. The summed E-state index contributed by atoms with van der Waals surface area (Å²) in [4.78, 5) is 14.8. The minimum Gasteiger partial charge on any atom is -0.309 e. The Kier molecular flexibility index (Phi) is 7.58. The zero-order valence-corrected chi connectivity index (χ0v) is 29.0. The van der Waals surface area contributed by atoms with Gasteiger partial charge in [0.05, 0.1) is 11.0 Å². The lowest BCUT2D eigenvalue weighted by Gasteiger charge is -2.13. The molecule has 1 aliphatic carbocycles. The first-order valence-corrected chi connectivity index (χ1v) is 18.2. The second kappa shape index (κ2) is 13.0. The van der Waals surface area contributed by atoms with Crippen LogP contribution in [-0.2, 0) is 0 Å². The number of hydrogen-bond donors (Lipinski definition) is 0. The molecule has 0 atom stereocenters. The van der Waals surface area contributed by atoms with Crippen molar-refractivity contribution in [3.8, 4) is 50.7 Å². The van der Waals surface area contributed by atoms with Gasteiger partial charge in [0.25, 0.3) is 0 Å². The van der Waals surface area contributed by atoms with Crippen molar-refractivity contribution >= 4 is 38.2 Å².